The number of aliphatic hydroxyl groups is 1. The van der Waals surface area contributed by atoms with Crippen LogP contribution in [-0.2, 0) is 0 Å². The zero-order chi connectivity index (χ0) is 15.2. The fourth-order valence-electron chi connectivity index (χ4n) is 3.18. The number of benzene rings is 1. The maximum Gasteiger partial charge on any atom is 0.125 e. The van der Waals surface area contributed by atoms with Crippen molar-refractivity contribution in [2.45, 2.75) is 46.1 Å². The summed E-state index contributed by atoms with van der Waals surface area (Å²) in [4.78, 5) is 2.47. The van der Waals surface area contributed by atoms with Crippen LogP contribution in [0.15, 0.2) is 18.2 Å². The quantitative estimate of drug-likeness (QED) is 0.817. The molecule has 1 heterocycles. The second-order valence-corrected chi connectivity index (χ2v) is 6.37. The SMILES string of the molecule is Cc1cccc(C)c1OCCCN1CCCC(C(C)O)C1. The van der Waals surface area contributed by atoms with Crippen LogP contribution in [-0.4, -0.2) is 42.4 Å². The van der Waals surface area contributed by atoms with Crippen molar-refractivity contribution >= 4 is 0 Å². The van der Waals surface area contributed by atoms with Gasteiger partial charge in [-0.2, -0.15) is 0 Å². The van der Waals surface area contributed by atoms with Gasteiger partial charge in [0, 0.05) is 13.1 Å². The summed E-state index contributed by atoms with van der Waals surface area (Å²) in [6.07, 6.45) is 3.22. The molecule has 1 aliphatic rings. The Hall–Kier alpha value is -1.06. The van der Waals surface area contributed by atoms with Crippen LogP contribution < -0.4 is 4.74 Å². The van der Waals surface area contributed by atoms with Crippen LogP contribution in [0.1, 0.15) is 37.3 Å². The Bertz CT molecular complexity index is 425. The van der Waals surface area contributed by atoms with Gasteiger partial charge in [-0.15, -0.1) is 0 Å². The predicted octanol–water partition coefficient (Wildman–Crippen LogP) is 3.17. The van der Waals surface area contributed by atoms with Gasteiger partial charge in [0.25, 0.3) is 0 Å². The number of hydrogen-bond donors (Lipinski definition) is 1. The third-order valence-corrected chi connectivity index (χ3v) is 4.50. The molecule has 3 nitrogen and oxygen atoms in total. The van der Waals surface area contributed by atoms with E-state index in [0.717, 1.165) is 44.8 Å². The summed E-state index contributed by atoms with van der Waals surface area (Å²) in [5, 5.41) is 9.72. The van der Waals surface area contributed by atoms with Gasteiger partial charge in [0.05, 0.1) is 12.7 Å². The van der Waals surface area contributed by atoms with Gasteiger partial charge in [0.15, 0.2) is 0 Å². The summed E-state index contributed by atoms with van der Waals surface area (Å²) in [6.45, 7) is 10.1. The molecule has 3 heteroatoms. The molecule has 2 atom stereocenters. The number of rotatable bonds is 6. The normalized spacial score (nSPS) is 21.2. The van der Waals surface area contributed by atoms with E-state index in [2.05, 4.69) is 36.9 Å². The van der Waals surface area contributed by atoms with E-state index >= 15 is 0 Å². The van der Waals surface area contributed by atoms with Crippen LogP contribution >= 0.6 is 0 Å². The van der Waals surface area contributed by atoms with Gasteiger partial charge in [0.1, 0.15) is 5.75 Å². The maximum atomic E-state index is 9.72. The number of piperidine rings is 1. The lowest BCUT2D eigenvalue weighted by atomic mass is 9.93. The molecule has 1 saturated heterocycles. The van der Waals surface area contributed by atoms with Crippen LogP contribution in [0.4, 0.5) is 0 Å². The van der Waals surface area contributed by atoms with E-state index in [1.165, 1.54) is 17.5 Å². The largest absolute Gasteiger partial charge is 0.493 e. The van der Waals surface area contributed by atoms with Crippen molar-refractivity contribution in [1.82, 2.24) is 4.90 Å². The molecular weight excluding hydrogens is 262 g/mol. The van der Waals surface area contributed by atoms with Gasteiger partial charge in [0.2, 0.25) is 0 Å². The highest BCUT2D eigenvalue weighted by Gasteiger charge is 2.22. The van der Waals surface area contributed by atoms with E-state index in [9.17, 15) is 5.11 Å². The average molecular weight is 291 g/mol. The van der Waals surface area contributed by atoms with E-state index in [4.69, 9.17) is 4.74 Å². The number of para-hydroxylation sites is 1. The molecule has 0 saturated carbocycles. The van der Waals surface area contributed by atoms with Crippen molar-refractivity contribution < 1.29 is 9.84 Å². The highest BCUT2D eigenvalue weighted by atomic mass is 16.5. The van der Waals surface area contributed by atoms with Gasteiger partial charge in [-0.05, 0) is 63.6 Å². The molecule has 0 spiro atoms. The van der Waals surface area contributed by atoms with Crippen molar-refractivity contribution in [2.24, 2.45) is 5.92 Å². The highest BCUT2D eigenvalue weighted by Crippen LogP contribution is 2.23. The van der Waals surface area contributed by atoms with Crippen LogP contribution in [0, 0.1) is 19.8 Å². The fraction of sp³-hybridized carbons (Fsp3) is 0.667. The van der Waals surface area contributed by atoms with E-state index in [-0.39, 0.29) is 6.10 Å². The summed E-state index contributed by atoms with van der Waals surface area (Å²) < 4.78 is 5.96. The number of ether oxygens (including phenoxy) is 1. The van der Waals surface area contributed by atoms with Crippen LogP contribution in [0.3, 0.4) is 0 Å². The Morgan fingerprint density at radius 2 is 2.05 bits per heavy atom. The molecule has 0 aliphatic carbocycles. The van der Waals surface area contributed by atoms with Crippen molar-refractivity contribution in [2.75, 3.05) is 26.2 Å². The molecular formula is C18H29NO2. The second-order valence-electron chi connectivity index (χ2n) is 6.37. The molecule has 0 aromatic heterocycles. The molecule has 2 unspecified atom stereocenters. The smallest absolute Gasteiger partial charge is 0.125 e. The third-order valence-electron chi connectivity index (χ3n) is 4.50. The van der Waals surface area contributed by atoms with Gasteiger partial charge >= 0.3 is 0 Å². The molecule has 1 N–H and O–H groups in total. The molecule has 0 radical (unpaired) electrons. The molecule has 0 bridgehead atoms. The summed E-state index contributed by atoms with van der Waals surface area (Å²) in [6, 6.07) is 6.27. The van der Waals surface area contributed by atoms with Crippen molar-refractivity contribution in [3.63, 3.8) is 0 Å². The first-order valence-corrected chi connectivity index (χ1v) is 8.17. The van der Waals surface area contributed by atoms with Gasteiger partial charge in [-0.3, -0.25) is 0 Å². The van der Waals surface area contributed by atoms with Crippen LogP contribution in [0.5, 0.6) is 5.75 Å². The fourth-order valence-corrected chi connectivity index (χ4v) is 3.18. The summed E-state index contributed by atoms with van der Waals surface area (Å²) >= 11 is 0. The maximum absolute atomic E-state index is 9.72. The second kappa shape index (κ2) is 7.81. The lowest BCUT2D eigenvalue weighted by molar-refractivity contribution is 0.0609. The van der Waals surface area contributed by atoms with Crippen molar-refractivity contribution in [3.8, 4) is 5.75 Å². The molecule has 118 valence electrons. The summed E-state index contributed by atoms with van der Waals surface area (Å²) in [5.74, 6) is 1.48. The van der Waals surface area contributed by atoms with Gasteiger partial charge in [-0.25, -0.2) is 0 Å². The molecule has 2 rings (SSSR count). The zero-order valence-corrected chi connectivity index (χ0v) is 13.6. The number of nitrogens with zero attached hydrogens (tertiary/aromatic N) is 1. The van der Waals surface area contributed by atoms with Crippen molar-refractivity contribution in [3.05, 3.63) is 29.3 Å². The predicted molar refractivity (Wildman–Crippen MR) is 86.9 cm³/mol. The first-order valence-electron chi connectivity index (χ1n) is 8.17. The Kier molecular flexibility index (Phi) is 6.07. The first kappa shape index (κ1) is 16.3. The van der Waals surface area contributed by atoms with E-state index in [1.807, 2.05) is 6.92 Å². The average Bonchev–Trinajstić information content (AvgIpc) is 2.46. The summed E-state index contributed by atoms with van der Waals surface area (Å²) in [7, 11) is 0. The monoisotopic (exact) mass is 291 g/mol. The number of hydrogen-bond acceptors (Lipinski definition) is 3. The highest BCUT2D eigenvalue weighted by molar-refractivity contribution is 5.39. The minimum Gasteiger partial charge on any atom is -0.493 e. The van der Waals surface area contributed by atoms with Gasteiger partial charge < -0.3 is 14.7 Å². The van der Waals surface area contributed by atoms with Crippen molar-refractivity contribution in [1.29, 1.82) is 0 Å². The Labute approximate surface area is 128 Å². The van der Waals surface area contributed by atoms with Crippen LogP contribution in [0.2, 0.25) is 0 Å². The molecule has 1 aromatic carbocycles. The minimum atomic E-state index is -0.182. The molecule has 21 heavy (non-hydrogen) atoms. The summed E-state index contributed by atoms with van der Waals surface area (Å²) in [5.41, 5.74) is 2.42. The zero-order valence-electron chi connectivity index (χ0n) is 13.6. The van der Waals surface area contributed by atoms with Gasteiger partial charge in [-0.1, -0.05) is 18.2 Å². The molecule has 1 aliphatic heterocycles. The van der Waals surface area contributed by atoms with Crippen LogP contribution in [0.25, 0.3) is 0 Å². The first-order chi connectivity index (χ1) is 10.1. The minimum absolute atomic E-state index is 0.182. The number of likely N-dealkylation sites (tertiary alicyclic amines) is 1. The Balaban J connectivity index is 1.72. The standard InChI is InChI=1S/C18H29NO2/c1-14-7-4-8-15(2)18(14)21-12-6-11-19-10-5-9-17(13-19)16(3)20/h4,7-8,16-17,20H,5-6,9-13H2,1-3H3. The molecule has 0 amide bonds. The van der Waals surface area contributed by atoms with E-state index in [0.29, 0.717) is 5.92 Å². The molecule has 1 fully saturated rings. The topological polar surface area (TPSA) is 32.7 Å². The number of aryl methyl sites for hydroxylation is 2. The third kappa shape index (κ3) is 4.72. The van der Waals surface area contributed by atoms with E-state index < -0.39 is 0 Å². The number of aliphatic hydroxyl groups excluding tert-OH is 1. The Morgan fingerprint density at radius 3 is 2.71 bits per heavy atom. The lowest BCUT2D eigenvalue weighted by Crippen LogP contribution is -2.40. The van der Waals surface area contributed by atoms with E-state index in [1.54, 1.807) is 0 Å². The lowest BCUT2D eigenvalue weighted by Gasteiger charge is -2.34. The Morgan fingerprint density at radius 1 is 1.33 bits per heavy atom. The molecule has 1 aromatic rings.